The number of rotatable bonds is 5. The van der Waals surface area contributed by atoms with Crippen LogP contribution < -0.4 is 10.1 Å². The van der Waals surface area contributed by atoms with Gasteiger partial charge in [-0.3, -0.25) is 9.78 Å². The number of carbonyl (C=O) groups excluding carboxylic acids is 1. The molecule has 124 valence electrons. The lowest BCUT2D eigenvalue weighted by Gasteiger charge is -2.04. The van der Waals surface area contributed by atoms with Crippen LogP contribution in [0, 0.1) is 11.3 Å². The Morgan fingerprint density at radius 1 is 1.40 bits per heavy atom. The summed E-state index contributed by atoms with van der Waals surface area (Å²) in [5, 5.41) is 12.9. The molecule has 6 nitrogen and oxygen atoms in total. The van der Waals surface area contributed by atoms with E-state index >= 15 is 0 Å². The van der Waals surface area contributed by atoms with Crippen molar-refractivity contribution >= 4 is 22.9 Å². The molecule has 1 aromatic carbocycles. The lowest BCUT2D eigenvalue weighted by Crippen LogP contribution is -2.24. The number of aromatic amines is 1. The highest BCUT2D eigenvalue weighted by molar-refractivity contribution is 6.04. The number of nitrogens with one attached hydrogen (secondary N) is 2. The molecule has 0 saturated heterocycles. The number of fused-ring (bicyclic) bond motifs is 1. The molecule has 0 bridgehead atoms. The van der Waals surface area contributed by atoms with E-state index in [2.05, 4.69) is 15.3 Å². The zero-order valence-corrected chi connectivity index (χ0v) is 13.6. The van der Waals surface area contributed by atoms with Crippen molar-refractivity contribution in [1.82, 2.24) is 15.3 Å². The number of nitrogens with zero attached hydrogens (tertiary/aromatic N) is 2. The molecule has 0 aliphatic rings. The fraction of sp³-hybridized carbons (Fsp3) is 0.105. The van der Waals surface area contributed by atoms with Crippen LogP contribution in [0.3, 0.4) is 0 Å². The Labute approximate surface area is 144 Å². The van der Waals surface area contributed by atoms with Crippen LogP contribution in [0.2, 0.25) is 0 Å². The molecule has 2 N–H and O–H groups in total. The van der Waals surface area contributed by atoms with Gasteiger partial charge >= 0.3 is 0 Å². The van der Waals surface area contributed by atoms with Gasteiger partial charge in [0, 0.05) is 28.9 Å². The SMILES string of the molecule is COc1ccc2[nH]cc(/C=C(\C#N)C(=O)NCc3ccccn3)c2c1. The standard InChI is InChI=1S/C19H16N4O2/c1-25-16-5-6-18-17(9-16)14(11-22-18)8-13(10-20)19(24)23-12-15-4-2-3-7-21-15/h2-9,11,22H,12H2,1H3,(H,23,24)/b13-8+. The van der Waals surface area contributed by atoms with Crippen molar-refractivity contribution in [2.45, 2.75) is 6.54 Å². The fourth-order valence-corrected chi connectivity index (χ4v) is 2.44. The first-order valence-electron chi connectivity index (χ1n) is 7.66. The molecule has 25 heavy (non-hydrogen) atoms. The largest absolute Gasteiger partial charge is 0.497 e. The van der Waals surface area contributed by atoms with Gasteiger partial charge in [0.15, 0.2) is 0 Å². The third-order valence-corrected chi connectivity index (χ3v) is 3.74. The highest BCUT2D eigenvalue weighted by Gasteiger charge is 2.11. The van der Waals surface area contributed by atoms with Crippen LogP contribution in [0.1, 0.15) is 11.3 Å². The third-order valence-electron chi connectivity index (χ3n) is 3.74. The summed E-state index contributed by atoms with van der Waals surface area (Å²) in [6.45, 7) is 0.264. The summed E-state index contributed by atoms with van der Waals surface area (Å²) in [5.74, 6) is 0.269. The Kier molecular flexibility index (Phi) is 4.77. The molecule has 1 amide bonds. The quantitative estimate of drug-likeness (QED) is 0.555. The van der Waals surface area contributed by atoms with Gasteiger partial charge in [-0.05, 0) is 36.4 Å². The first-order chi connectivity index (χ1) is 12.2. The molecule has 0 radical (unpaired) electrons. The van der Waals surface area contributed by atoms with Gasteiger partial charge in [0.05, 0.1) is 19.3 Å². The van der Waals surface area contributed by atoms with Crippen LogP contribution in [-0.2, 0) is 11.3 Å². The molecule has 6 heteroatoms. The monoisotopic (exact) mass is 332 g/mol. The number of nitriles is 1. The molecular formula is C19H16N4O2. The maximum absolute atomic E-state index is 12.3. The number of amides is 1. The van der Waals surface area contributed by atoms with Gasteiger partial charge in [-0.15, -0.1) is 0 Å². The second-order valence-electron chi connectivity index (χ2n) is 5.33. The minimum Gasteiger partial charge on any atom is -0.497 e. The van der Waals surface area contributed by atoms with Gasteiger partial charge in [-0.1, -0.05) is 6.07 Å². The van der Waals surface area contributed by atoms with E-state index < -0.39 is 5.91 Å². The Hall–Kier alpha value is -3.59. The van der Waals surface area contributed by atoms with E-state index in [-0.39, 0.29) is 12.1 Å². The number of methoxy groups -OCH3 is 1. The molecule has 0 atom stereocenters. The van der Waals surface area contributed by atoms with Crippen molar-refractivity contribution in [3.63, 3.8) is 0 Å². The number of benzene rings is 1. The van der Waals surface area contributed by atoms with Crippen LogP contribution in [0.5, 0.6) is 5.75 Å². The van der Waals surface area contributed by atoms with E-state index in [1.807, 2.05) is 36.4 Å². The summed E-state index contributed by atoms with van der Waals surface area (Å²) in [7, 11) is 1.59. The highest BCUT2D eigenvalue weighted by Crippen LogP contribution is 2.25. The van der Waals surface area contributed by atoms with E-state index in [9.17, 15) is 10.1 Å². The van der Waals surface area contributed by atoms with E-state index in [4.69, 9.17) is 4.74 Å². The Bertz CT molecular complexity index is 968. The highest BCUT2D eigenvalue weighted by atomic mass is 16.5. The van der Waals surface area contributed by atoms with Crippen molar-refractivity contribution in [3.05, 3.63) is 65.6 Å². The first-order valence-corrected chi connectivity index (χ1v) is 7.66. The first kappa shape index (κ1) is 16.3. The van der Waals surface area contributed by atoms with Crippen LogP contribution in [0.15, 0.2) is 54.4 Å². The van der Waals surface area contributed by atoms with Crippen LogP contribution in [0.25, 0.3) is 17.0 Å². The molecule has 0 aliphatic carbocycles. The second-order valence-corrected chi connectivity index (χ2v) is 5.33. The summed E-state index contributed by atoms with van der Waals surface area (Å²) in [6.07, 6.45) is 4.97. The van der Waals surface area contributed by atoms with Gasteiger partial charge in [0.1, 0.15) is 17.4 Å². The molecule has 0 saturated carbocycles. The number of carbonyl (C=O) groups is 1. The molecular weight excluding hydrogens is 316 g/mol. The van der Waals surface area contributed by atoms with E-state index in [0.29, 0.717) is 5.75 Å². The lowest BCUT2D eigenvalue weighted by atomic mass is 10.1. The molecule has 0 spiro atoms. The number of aromatic nitrogens is 2. The number of ether oxygens (including phenoxy) is 1. The molecule has 0 aliphatic heterocycles. The van der Waals surface area contributed by atoms with Crippen LogP contribution >= 0.6 is 0 Å². The van der Waals surface area contributed by atoms with Crippen LogP contribution in [-0.4, -0.2) is 23.0 Å². The Balaban J connectivity index is 1.82. The summed E-state index contributed by atoms with van der Waals surface area (Å²) in [4.78, 5) is 19.5. The predicted octanol–water partition coefficient (Wildman–Crippen LogP) is 2.79. The molecule has 2 aromatic heterocycles. The zero-order chi connectivity index (χ0) is 17.6. The molecule has 0 unspecified atom stereocenters. The normalized spacial score (nSPS) is 11.1. The predicted molar refractivity (Wildman–Crippen MR) is 94.5 cm³/mol. The van der Waals surface area contributed by atoms with Gasteiger partial charge in [-0.2, -0.15) is 5.26 Å². The fourth-order valence-electron chi connectivity index (χ4n) is 2.44. The summed E-state index contributed by atoms with van der Waals surface area (Å²) >= 11 is 0. The van der Waals surface area contributed by atoms with E-state index in [0.717, 1.165) is 22.2 Å². The number of H-pyrrole nitrogens is 1. The zero-order valence-electron chi connectivity index (χ0n) is 13.6. The minimum absolute atomic E-state index is 0.0275. The van der Waals surface area contributed by atoms with Crippen molar-refractivity contribution in [3.8, 4) is 11.8 Å². The van der Waals surface area contributed by atoms with Crippen molar-refractivity contribution in [2.75, 3.05) is 7.11 Å². The summed E-state index contributed by atoms with van der Waals surface area (Å²) < 4.78 is 5.23. The molecule has 3 rings (SSSR count). The average Bonchev–Trinajstić information content (AvgIpc) is 3.06. The Morgan fingerprint density at radius 2 is 2.28 bits per heavy atom. The minimum atomic E-state index is -0.439. The van der Waals surface area contributed by atoms with Crippen molar-refractivity contribution in [2.24, 2.45) is 0 Å². The maximum Gasteiger partial charge on any atom is 0.262 e. The van der Waals surface area contributed by atoms with Gasteiger partial charge in [0.2, 0.25) is 0 Å². The second kappa shape index (κ2) is 7.32. The van der Waals surface area contributed by atoms with Gasteiger partial charge < -0.3 is 15.0 Å². The van der Waals surface area contributed by atoms with Crippen LogP contribution in [0.4, 0.5) is 0 Å². The molecule has 2 heterocycles. The molecule has 0 fully saturated rings. The van der Waals surface area contributed by atoms with Crippen molar-refractivity contribution < 1.29 is 9.53 Å². The maximum atomic E-state index is 12.3. The number of hydrogen-bond donors (Lipinski definition) is 2. The number of hydrogen-bond acceptors (Lipinski definition) is 4. The third kappa shape index (κ3) is 3.67. The average molecular weight is 332 g/mol. The topological polar surface area (TPSA) is 90.8 Å². The van der Waals surface area contributed by atoms with E-state index in [1.165, 1.54) is 0 Å². The van der Waals surface area contributed by atoms with Gasteiger partial charge in [-0.25, -0.2) is 0 Å². The molecule has 3 aromatic rings. The van der Waals surface area contributed by atoms with E-state index in [1.54, 1.807) is 31.6 Å². The Morgan fingerprint density at radius 3 is 3.00 bits per heavy atom. The smallest absolute Gasteiger partial charge is 0.262 e. The lowest BCUT2D eigenvalue weighted by molar-refractivity contribution is -0.117. The summed E-state index contributed by atoms with van der Waals surface area (Å²) in [5.41, 5.74) is 2.40. The summed E-state index contributed by atoms with van der Waals surface area (Å²) in [6, 6.07) is 13.0. The van der Waals surface area contributed by atoms with Gasteiger partial charge in [0.25, 0.3) is 5.91 Å². The number of pyridine rings is 1. The van der Waals surface area contributed by atoms with Crippen molar-refractivity contribution in [1.29, 1.82) is 5.26 Å².